The second-order valence-corrected chi connectivity index (χ2v) is 3.78. The third-order valence-electron chi connectivity index (χ3n) is 2.45. The number of likely N-dealkylation sites (N-methyl/N-ethyl adjacent to an activating group) is 1. The number of hydrogen-bond acceptors (Lipinski definition) is 2. The van der Waals surface area contributed by atoms with Crippen molar-refractivity contribution in [2.75, 3.05) is 26.7 Å². The molecule has 1 unspecified atom stereocenters. The smallest absolute Gasteiger partial charge is 0.0223 e. The molecule has 0 rings (SSSR count). The van der Waals surface area contributed by atoms with E-state index in [1.807, 2.05) is 13.1 Å². The quantitative estimate of drug-likeness (QED) is 0.572. The van der Waals surface area contributed by atoms with Gasteiger partial charge in [0.1, 0.15) is 0 Å². The average molecular weight is 198 g/mol. The van der Waals surface area contributed by atoms with Crippen LogP contribution in [-0.4, -0.2) is 37.6 Å². The van der Waals surface area contributed by atoms with E-state index < -0.39 is 0 Å². The van der Waals surface area contributed by atoms with E-state index in [9.17, 15) is 0 Å². The summed E-state index contributed by atoms with van der Waals surface area (Å²) in [5, 5.41) is 3.27. The lowest BCUT2D eigenvalue weighted by molar-refractivity contribution is 0.203. The molecule has 0 bridgehead atoms. The van der Waals surface area contributed by atoms with Crippen LogP contribution in [0.5, 0.6) is 0 Å². The molecule has 0 spiro atoms. The zero-order valence-corrected chi connectivity index (χ0v) is 10.1. The van der Waals surface area contributed by atoms with Crippen LogP contribution in [0.25, 0.3) is 0 Å². The van der Waals surface area contributed by atoms with Crippen molar-refractivity contribution >= 4 is 0 Å². The van der Waals surface area contributed by atoms with E-state index in [-0.39, 0.29) is 0 Å². The number of rotatable bonds is 9. The van der Waals surface area contributed by atoms with E-state index in [1.165, 1.54) is 25.8 Å². The molecule has 0 aliphatic carbocycles. The summed E-state index contributed by atoms with van der Waals surface area (Å²) in [4.78, 5) is 2.52. The predicted molar refractivity (Wildman–Crippen MR) is 64.7 cm³/mol. The van der Waals surface area contributed by atoms with E-state index >= 15 is 0 Å². The van der Waals surface area contributed by atoms with Gasteiger partial charge in [-0.05, 0) is 26.4 Å². The van der Waals surface area contributed by atoms with Gasteiger partial charge >= 0.3 is 0 Å². The first kappa shape index (κ1) is 13.7. The lowest BCUT2D eigenvalue weighted by Gasteiger charge is -2.30. The van der Waals surface area contributed by atoms with Crippen molar-refractivity contribution in [1.82, 2.24) is 10.2 Å². The summed E-state index contributed by atoms with van der Waals surface area (Å²) in [7, 11) is 2.03. The van der Waals surface area contributed by atoms with Crippen LogP contribution in [0.2, 0.25) is 0 Å². The SMILES string of the molecule is C=CCN(CCC)C(CCC)CNC. The molecular weight excluding hydrogens is 172 g/mol. The van der Waals surface area contributed by atoms with E-state index in [4.69, 9.17) is 0 Å². The minimum Gasteiger partial charge on any atom is -0.318 e. The Morgan fingerprint density at radius 1 is 1.36 bits per heavy atom. The average Bonchev–Trinajstić information content (AvgIpc) is 2.17. The fraction of sp³-hybridized carbons (Fsp3) is 0.833. The Morgan fingerprint density at radius 2 is 2.07 bits per heavy atom. The van der Waals surface area contributed by atoms with Gasteiger partial charge in [0.2, 0.25) is 0 Å². The Balaban J connectivity index is 4.12. The fourth-order valence-corrected chi connectivity index (χ4v) is 1.86. The number of hydrogen-bond donors (Lipinski definition) is 1. The lowest BCUT2D eigenvalue weighted by atomic mass is 10.1. The maximum Gasteiger partial charge on any atom is 0.0223 e. The van der Waals surface area contributed by atoms with Crippen LogP contribution in [-0.2, 0) is 0 Å². The van der Waals surface area contributed by atoms with Crippen LogP contribution in [0.4, 0.5) is 0 Å². The molecule has 2 heteroatoms. The van der Waals surface area contributed by atoms with Crippen LogP contribution >= 0.6 is 0 Å². The molecular formula is C12H26N2. The summed E-state index contributed by atoms with van der Waals surface area (Å²) in [6, 6.07) is 0.669. The first-order chi connectivity index (χ1) is 6.79. The van der Waals surface area contributed by atoms with Gasteiger partial charge < -0.3 is 5.32 Å². The van der Waals surface area contributed by atoms with Crippen LogP contribution in [0.3, 0.4) is 0 Å². The topological polar surface area (TPSA) is 15.3 Å². The molecule has 0 radical (unpaired) electrons. The van der Waals surface area contributed by atoms with Crippen LogP contribution in [0, 0.1) is 0 Å². The van der Waals surface area contributed by atoms with Gasteiger partial charge in [-0.3, -0.25) is 4.90 Å². The Hall–Kier alpha value is -0.340. The van der Waals surface area contributed by atoms with Gasteiger partial charge in [-0.2, -0.15) is 0 Å². The second-order valence-electron chi connectivity index (χ2n) is 3.78. The predicted octanol–water partition coefficient (Wildman–Crippen LogP) is 2.27. The molecule has 0 aliphatic heterocycles. The largest absolute Gasteiger partial charge is 0.318 e. The first-order valence-electron chi connectivity index (χ1n) is 5.79. The highest BCUT2D eigenvalue weighted by Crippen LogP contribution is 2.07. The van der Waals surface area contributed by atoms with Gasteiger partial charge in [-0.1, -0.05) is 26.3 Å². The van der Waals surface area contributed by atoms with Gasteiger partial charge in [0.25, 0.3) is 0 Å². The highest BCUT2D eigenvalue weighted by Gasteiger charge is 2.14. The Kier molecular flexibility index (Phi) is 9.00. The van der Waals surface area contributed by atoms with Crippen molar-refractivity contribution in [3.63, 3.8) is 0 Å². The lowest BCUT2D eigenvalue weighted by Crippen LogP contribution is -2.42. The number of nitrogens with one attached hydrogen (secondary N) is 1. The van der Waals surface area contributed by atoms with Gasteiger partial charge in [0.05, 0.1) is 0 Å². The maximum atomic E-state index is 3.82. The molecule has 0 aromatic carbocycles. The molecule has 0 aromatic rings. The molecule has 0 saturated heterocycles. The van der Waals surface area contributed by atoms with E-state index in [2.05, 4.69) is 30.6 Å². The van der Waals surface area contributed by atoms with Gasteiger partial charge in [-0.25, -0.2) is 0 Å². The molecule has 84 valence electrons. The van der Waals surface area contributed by atoms with Gasteiger partial charge in [0.15, 0.2) is 0 Å². The molecule has 14 heavy (non-hydrogen) atoms. The molecule has 0 fully saturated rings. The van der Waals surface area contributed by atoms with Crippen molar-refractivity contribution in [1.29, 1.82) is 0 Å². The minimum absolute atomic E-state index is 0.669. The monoisotopic (exact) mass is 198 g/mol. The fourth-order valence-electron chi connectivity index (χ4n) is 1.86. The normalized spacial score (nSPS) is 13.1. The summed E-state index contributed by atoms with van der Waals surface area (Å²) in [6.45, 7) is 11.6. The van der Waals surface area contributed by atoms with Crippen molar-refractivity contribution in [3.8, 4) is 0 Å². The van der Waals surface area contributed by atoms with Crippen LogP contribution in [0.15, 0.2) is 12.7 Å². The summed E-state index contributed by atoms with van der Waals surface area (Å²) in [5.41, 5.74) is 0. The zero-order valence-electron chi connectivity index (χ0n) is 10.1. The van der Waals surface area contributed by atoms with Gasteiger partial charge in [-0.15, -0.1) is 6.58 Å². The Morgan fingerprint density at radius 3 is 2.50 bits per heavy atom. The van der Waals surface area contributed by atoms with E-state index in [1.54, 1.807) is 0 Å². The maximum absolute atomic E-state index is 3.82. The molecule has 1 atom stereocenters. The van der Waals surface area contributed by atoms with Crippen molar-refractivity contribution in [2.24, 2.45) is 0 Å². The van der Waals surface area contributed by atoms with Crippen molar-refractivity contribution in [2.45, 2.75) is 39.2 Å². The molecule has 1 N–H and O–H groups in total. The highest BCUT2D eigenvalue weighted by atomic mass is 15.2. The molecule has 0 heterocycles. The summed E-state index contributed by atoms with van der Waals surface area (Å²) in [6.07, 6.45) is 5.75. The molecule has 2 nitrogen and oxygen atoms in total. The second kappa shape index (κ2) is 9.22. The third kappa shape index (κ3) is 5.40. The molecule has 0 saturated carbocycles. The third-order valence-corrected chi connectivity index (χ3v) is 2.45. The summed E-state index contributed by atoms with van der Waals surface area (Å²) in [5.74, 6) is 0. The van der Waals surface area contributed by atoms with Crippen molar-refractivity contribution in [3.05, 3.63) is 12.7 Å². The minimum atomic E-state index is 0.669. The standard InChI is InChI=1S/C12H26N2/c1-5-8-12(11-13-4)14(9-6-2)10-7-3/h6,12-13H,2,5,7-11H2,1,3-4H3. The van der Waals surface area contributed by atoms with Gasteiger partial charge in [0, 0.05) is 19.1 Å². The molecule has 0 aromatic heterocycles. The summed E-state index contributed by atoms with van der Waals surface area (Å²) < 4.78 is 0. The molecule has 0 aliphatic rings. The molecule has 0 amide bonds. The summed E-state index contributed by atoms with van der Waals surface area (Å²) >= 11 is 0. The van der Waals surface area contributed by atoms with Crippen LogP contribution < -0.4 is 5.32 Å². The van der Waals surface area contributed by atoms with E-state index in [0.29, 0.717) is 6.04 Å². The van der Waals surface area contributed by atoms with Crippen LogP contribution in [0.1, 0.15) is 33.1 Å². The van der Waals surface area contributed by atoms with E-state index in [0.717, 1.165) is 13.1 Å². The first-order valence-corrected chi connectivity index (χ1v) is 5.79. The highest BCUT2D eigenvalue weighted by molar-refractivity contribution is 4.80. The Bertz CT molecular complexity index is 128. The van der Waals surface area contributed by atoms with Crippen molar-refractivity contribution < 1.29 is 0 Å². The zero-order chi connectivity index (χ0) is 10.8. The Labute approximate surface area is 89.4 Å². The number of nitrogens with zero attached hydrogens (tertiary/aromatic N) is 1.